The van der Waals surface area contributed by atoms with Crippen LogP contribution in [0.4, 0.5) is 22.0 Å². The zero-order valence-corrected chi connectivity index (χ0v) is 9.79. The quantitative estimate of drug-likeness (QED) is 0.643. The lowest BCUT2D eigenvalue weighted by atomic mass is 10.2. The molecule has 0 saturated heterocycles. The summed E-state index contributed by atoms with van der Waals surface area (Å²) >= 11 is 0. The number of alkyl halides is 3. The highest BCUT2D eigenvalue weighted by molar-refractivity contribution is 5.99. The van der Waals surface area contributed by atoms with E-state index < -0.39 is 29.2 Å². The first-order valence-corrected chi connectivity index (χ1v) is 5.34. The summed E-state index contributed by atoms with van der Waals surface area (Å²) in [6.07, 6.45) is -3.36. The van der Waals surface area contributed by atoms with Crippen LogP contribution in [-0.2, 0) is 6.54 Å². The van der Waals surface area contributed by atoms with Crippen molar-refractivity contribution in [3.8, 4) is 0 Å². The van der Waals surface area contributed by atoms with E-state index in [1.165, 1.54) is 0 Å². The third-order valence-electron chi connectivity index (χ3n) is 2.42. The fourth-order valence-corrected chi connectivity index (χ4v) is 1.62. The zero-order valence-electron chi connectivity index (χ0n) is 9.79. The Labute approximate surface area is 109 Å². The van der Waals surface area contributed by atoms with Crippen LogP contribution in [0, 0.1) is 11.6 Å². The van der Waals surface area contributed by atoms with E-state index in [1.807, 2.05) is 0 Å². The van der Waals surface area contributed by atoms with Crippen molar-refractivity contribution in [3.05, 3.63) is 53.4 Å². The number of benzene rings is 1. The van der Waals surface area contributed by atoms with Crippen LogP contribution in [0.3, 0.4) is 0 Å². The minimum absolute atomic E-state index is 0.153. The standard InChI is InChI=1S/C12H7F5N2O/c13-9-1-7(2-10(14)3-9)5-19-6-8(4-18-19)11(20)12(15,16)17/h1-4,6H,5H2. The fraction of sp³-hybridized carbons (Fsp3) is 0.167. The summed E-state index contributed by atoms with van der Waals surface area (Å²) in [6, 6.07) is 2.72. The van der Waals surface area contributed by atoms with Gasteiger partial charge in [-0.25, -0.2) is 8.78 Å². The van der Waals surface area contributed by atoms with Crippen LogP contribution < -0.4 is 0 Å². The summed E-state index contributed by atoms with van der Waals surface area (Å²) in [7, 11) is 0. The highest BCUT2D eigenvalue weighted by atomic mass is 19.4. The van der Waals surface area contributed by atoms with E-state index in [4.69, 9.17) is 0 Å². The first-order chi connectivity index (χ1) is 9.25. The number of carbonyl (C=O) groups is 1. The molecule has 3 nitrogen and oxygen atoms in total. The SMILES string of the molecule is O=C(c1cnn(Cc2cc(F)cc(F)c2)c1)C(F)(F)F. The molecule has 0 saturated carbocycles. The highest BCUT2D eigenvalue weighted by Crippen LogP contribution is 2.21. The van der Waals surface area contributed by atoms with Gasteiger partial charge in [-0.05, 0) is 17.7 Å². The molecule has 0 fully saturated rings. The van der Waals surface area contributed by atoms with Crippen LogP contribution in [0.25, 0.3) is 0 Å². The Morgan fingerprint density at radius 1 is 1.15 bits per heavy atom. The molecule has 2 rings (SSSR count). The average molecular weight is 290 g/mol. The molecule has 0 bridgehead atoms. The number of halogens is 5. The van der Waals surface area contributed by atoms with Crippen LogP contribution >= 0.6 is 0 Å². The Bertz CT molecular complexity index is 627. The number of carbonyl (C=O) groups excluding carboxylic acids is 1. The molecule has 0 radical (unpaired) electrons. The molecule has 0 aliphatic heterocycles. The molecule has 0 atom stereocenters. The first kappa shape index (κ1) is 14.2. The smallest absolute Gasteiger partial charge is 0.284 e. The average Bonchev–Trinajstić information content (AvgIpc) is 2.73. The molecule has 1 heterocycles. The second-order valence-electron chi connectivity index (χ2n) is 4.03. The Morgan fingerprint density at radius 3 is 2.30 bits per heavy atom. The summed E-state index contributed by atoms with van der Waals surface area (Å²) in [6.45, 7) is -0.153. The van der Waals surface area contributed by atoms with Crippen molar-refractivity contribution in [1.82, 2.24) is 9.78 Å². The van der Waals surface area contributed by atoms with Crippen molar-refractivity contribution in [2.45, 2.75) is 12.7 Å². The molecule has 0 aliphatic carbocycles. The van der Waals surface area contributed by atoms with E-state index in [9.17, 15) is 26.7 Å². The van der Waals surface area contributed by atoms with Gasteiger partial charge < -0.3 is 0 Å². The third-order valence-corrected chi connectivity index (χ3v) is 2.42. The summed E-state index contributed by atoms with van der Waals surface area (Å²) in [5.41, 5.74) is -0.453. The number of ketones is 1. The normalized spacial score (nSPS) is 11.7. The molecule has 1 aromatic carbocycles. The van der Waals surface area contributed by atoms with Gasteiger partial charge in [0.25, 0.3) is 5.78 Å². The summed E-state index contributed by atoms with van der Waals surface area (Å²) < 4.78 is 63.5. The Kier molecular flexibility index (Phi) is 3.56. The van der Waals surface area contributed by atoms with E-state index in [1.54, 1.807) is 0 Å². The van der Waals surface area contributed by atoms with Crippen LogP contribution in [0.15, 0.2) is 30.6 Å². The van der Waals surface area contributed by atoms with Gasteiger partial charge in [-0.1, -0.05) is 0 Å². The number of hydrogen-bond donors (Lipinski definition) is 0. The lowest BCUT2D eigenvalue weighted by Gasteiger charge is -2.03. The first-order valence-electron chi connectivity index (χ1n) is 5.34. The minimum Gasteiger partial charge on any atom is -0.284 e. The molecule has 20 heavy (non-hydrogen) atoms. The van der Waals surface area contributed by atoms with Crippen LogP contribution in [-0.4, -0.2) is 21.7 Å². The molecule has 8 heteroatoms. The lowest BCUT2D eigenvalue weighted by Crippen LogP contribution is -2.22. The maximum absolute atomic E-state index is 12.9. The van der Waals surface area contributed by atoms with E-state index in [2.05, 4.69) is 5.10 Å². The molecule has 106 valence electrons. The maximum atomic E-state index is 12.9. The van der Waals surface area contributed by atoms with E-state index >= 15 is 0 Å². The highest BCUT2D eigenvalue weighted by Gasteiger charge is 2.39. The number of nitrogens with zero attached hydrogens (tertiary/aromatic N) is 2. The maximum Gasteiger partial charge on any atom is 0.454 e. The lowest BCUT2D eigenvalue weighted by molar-refractivity contribution is -0.0885. The molecule has 2 aromatic rings. The van der Waals surface area contributed by atoms with Crippen molar-refractivity contribution < 1.29 is 26.7 Å². The second kappa shape index (κ2) is 5.03. The van der Waals surface area contributed by atoms with Crippen molar-refractivity contribution in [1.29, 1.82) is 0 Å². The summed E-state index contributed by atoms with van der Waals surface area (Å²) in [5, 5.41) is 3.56. The molecule has 0 aliphatic rings. The number of Topliss-reactive ketones (excluding diaryl/α,β-unsaturated/α-hetero) is 1. The largest absolute Gasteiger partial charge is 0.454 e. The van der Waals surface area contributed by atoms with Gasteiger partial charge in [-0.15, -0.1) is 0 Å². The molecular weight excluding hydrogens is 283 g/mol. The van der Waals surface area contributed by atoms with Gasteiger partial charge >= 0.3 is 6.18 Å². The molecular formula is C12H7F5N2O. The van der Waals surface area contributed by atoms with Gasteiger partial charge in [0.05, 0.1) is 18.3 Å². The second-order valence-corrected chi connectivity index (χ2v) is 4.03. The van der Waals surface area contributed by atoms with Gasteiger partial charge in [0.15, 0.2) is 0 Å². The van der Waals surface area contributed by atoms with Crippen LogP contribution in [0.1, 0.15) is 15.9 Å². The topological polar surface area (TPSA) is 34.9 Å². The molecule has 0 amide bonds. The molecule has 0 unspecified atom stereocenters. The fourth-order valence-electron chi connectivity index (χ4n) is 1.62. The van der Waals surface area contributed by atoms with Crippen molar-refractivity contribution in [3.63, 3.8) is 0 Å². The van der Waals surface area contributed by atoms with Crippen LogP contribution in [0.5, 0.6) is 0 Å². The molecule has 1 aromatic heterocycles. The van der Waals surface area contributed by atoms with Gasteiger partial charge in [-0.2, -0.15) is 18.3 Å². The monoisotopic (exact) mass is 290 g/mol. The number of hydrogen-bond acceptors (Lipinski definition) is 2. The predicted molar refractivity (Wildman–Crippen MR) is 58.1 cm³/mol. The minimum atomic E-state index is -4.99. The summed E-state index contributed by atoms with van der Waals surface area (Å²) in [4.78, 5) is 10.9. The van der Waals surface area contributed by atoms with E-state index in [0.29, 0.717) is 6.07 Å². The van der Waals surface area contributed by atoms with Gasteiger partial charge in [0.1, 0.15) is 11.6 Å². The predicted octanol–water partition coefficient (Wildman–Crippen LogP) is 2.95. The van der Waals surface area contributed by atoms with Crippen molar-refractivity contribution in [2.24, 2.45) is 0 Å². The van der Waals surface area contributed by atoms with Gasteiger partial charge in [-0.3, -0.25) is 9.48 Å². The zero-order chi connectivity index (χ0) is 14.9. The molecule has 0 N–H and O–H groups in total. The van der Waals surface area contributed by atoms with E-state index in [0.717, 1.165) is 29.2 Å². The van der Waals surface area contributed by atoms with Crippen molar-refractivity contribution >= 4 is 5.78 Å². The van der Waals surface area contributed by atoms with Gasteiger partial charge in [0, 0.05) is 12.3 Å². The Hall–Kier alpha value is -2.25. The third kappa shape index (κ3) is 3.19. The van der Waals surface area contributed by atoms with Crippen molar-refractivity contribution in [2.75, 3.05) is 0 Å². The van der Waals surface area contributed by atoms with Crippen LogP contribution in [0.2, 0.25) is 0 Å². The van der Waals surface area contributed by atoms with Gasteiger partial charge in [0.2, 0.25) is 0 Å². The summed E-state index contributed by atoms with van der Waals surface area (Å²) in [5.74, 6) is -3.63. The molecule has 0 spiro atoms. The number of aromatic nitrogens is 2. The number of rotatable bonds is 3. The Balaban J connectivity index is 2.20. The van der Waals surface area contributed by atoms with E-state index in [-0.39, 0.29) is 12.1 Å². The Morgan fingerprint density at radius 2 is 1.75 bits per heavy atom.